The van der Waals surface area contributed by atoms with Crippen LogP contribution in [-0.4, -0.2) is 16.4 Å². The Hall–Kier alpha value is -2.29. The molecule has 0 saturated heterocycles. The van der Waals surface area contributed by atoms with Crippen molar-refractivity contribution in [3.05, 3.63) is 54.1 Å². The Morgan fingerprint density at radius 3 is 2.44 bits per heavy atom. The van der Waals surface area contributed by atoms with Crippen molar-refractivity contribution in [1.82, 2.24) is 0 Å². The van der Waals surface area contributed by atoms with Crippen LogP contribution in [0.25, 0.3) is 0 Å². The lowest BCUT2D eigenvalue weighted by atomic mass is 10.2. The van der Waals surface area contributed by atoms with Gasteiger partial charge < -0.3 is 10.2 Å². The van der Waals surface area contributed by atoms with Crippen LogP contribution < -0.4 is 0 Å². The summed E-state index contributed by atoms with van der Waals surface area (Å²) in [4.78, 5) is 4.10. The van der Waals surface area contributed by atoms with E-state index in [1.807, 2.05) is 30.3 Å². The van der Waals surface area contributed by atoms with Crippen LogP contribution in [0.5, 0.6) is 11.5 Å². The Labute approximate surface area is 93.3 Å². The average molecular weight is 213 g/mol. The van der Waals surface area contributed by atoms with E-state index in [9.17, 15) is 10.2 Å². The van der Waals surface area contributed by atoms with Gasteiger partial charge in [0.05, 0.1) is 0 Å². The summed E-state index contributed by atoms with van der Waals surface area (Å²) in [6, 6.07) is 13.8. The second-order valence-corrected chi connectivity index (χ2v) is 3.34. The smallest absolute Gasteiger partial charge is 0.141 e. The number of phenols is 2. The largest absolute Gasteiger partial charge is 0.508 e. The minimum absolute atomic E-state index is 0.0463. The van der Waals surface area contributed by atoms with Gasteiger partial charge in [0, 0.05) is 12.3 Å². The van der Waals surface area contributed by atoms with E-state index in [-0.39, 0.29) is 11.5 Å². The highest BCUT2D eigenvalue weighted by molar-refractivity contribution is 5.82. The number of aromatic hydroxyl groups is 2. The SMILES string of the molecule is Oc1ccc(O)c(/N=C/c2ccccc2)c1. The summed E-state index contributed by atoms with van der Waals surface area (Å²) in [5.41, 5.74) is 1.29. The summed E-state index contributed by atoms with van der Waals surface area (Å²) in [7, 11) is 0. The molecule has 0 radical (unpaired) electrons. The van der Waals surface area contributed by atoms with Gasteiger partial charge in [-0.1, -0.05) is 30.3 Å². The second kappa shape index (κ2) is 4.49. The fourth-order valence-corrected chi connectivity index (χ4v) is 1.30. The molecule has 0 spiro atoms. The number of rotatable bonds is 2. The van der Waals surface area contributed by atoms with E-state index < -0.39 is 0 Å². The van der Waals surface area contributed by atoms with Gasteiger partial charge in [0.15, 0.2) is 0 Å². The molecule has 0 aromatic heterocycles. The predicted molar refractivity (Wildman–Crippen MR) is 63.5 cm³/mol. The van der Waals surface area contributed by atoms with E-state index in [4.69, 9.17) is 0 Å². The molecule has 2 rings (SSSR count). The van der Waals surface area contributed by atoms with Crippen molar-refractivity contribution in [3.63, 3.8) is 0 Å². The molecule has 0 unspecified atom stereocenters. The van der Waals surface area contributed by atoms with Crippen LogP contribution in [0.2, 0.25) is 0 Å². The fraction of sp³-hybridized carbons (Fsp3) is 0. The molecule has 0 fully saturated rings. The van der Waals surface area contributed by atoms with E-state index in [1.165, 1.54) is 18.2 Å². The molecular weight excluding hydrogens is 202 g/mol. The molecule has 0 saturated carbocycles. The first kappa shape index (κ1) is 10.2. The van der Waals surface area contributed by atoms with E-state index in [0.29, 0.717) is 5.69 Å². The molecule has 2 N–H and O–H groups in total. The first-order valence-electron chi connectivity index (χ1n) is 4.87. The van der Waals surface area contributed by atoms with Crippen molar-refractivity contribution in [3.8, 4) is 11.5 Å². The van der Waals surface area contributed by atoms with Crippen molar-refractivity contribution in [1.29, 1.82) is 0 Å². The van der Waals surface area contributed by atoms with Gasteiger partial charge in [0.25, 0.3) is 0 Å². The van der Waals surface area contributed by atoms with Crippen molar-refractivity contribution >= 4 is 11.9 Å². The van der Waals surface area contributed by atoms with Crippen molar-refractivity contribution in [2.75, 3.05) is 0 Å². The van der Waals surface area contributed by atoms with Crippen molar-refractivity contribution in [2.24, 2.45) is 4.99 Å². The van der Waals surface area contributed by atoms with Gasteiger partial charge in [-0.3, -0.25) is 4.99 Å². The van der Waals surface area contributed by atoms with Gasteiger partial charge in [0.2, 0.25) is 0 Å². The highest BCUT2D eigenvalue weighted by Crippen LogP contribution is 2.29. The predicted octanol–water partition coefficient (Wildman–Crippen LogP) is 2.85. The number of benzene rings is 2. The highest BCUT2D eigenvalue weighted by Gasteiger charge is 1.99. The van der Waals surface area contributed by atoms with Gasteiger partial charge >= 0.3 is 0 Å². The first-order chi connectivity index (χ1) is 7.75. The standard InChI is InChI=1S/C13H11NO2/c15-11-6-7-13(16)12(8-11)14-9-10-4-2-1-3-5-10/h1-9,15-16H/b14-9+. The topological polar surface area (TPSA) is 52.8 Å². The summed E-state index contributed by atoms with van der Waals surface area (Å²) in [6.07, 6.45) is 1.63. The normalized spacial score (nSPS) is 10.8. The quantitative estimate of drug-likeness (QED) is 0.595. The van der Waals surface area contributed by atoms with Gasteiger partial charge in [0.1, 0.15) is 17.2 Å². The molecule has 2 aromatic carbocycles. The van der Waals surface area contributed by atoms with Crippen LogP contribution in [-0.2, 0) is 0 Å². The lowest BCUT2D eigenvalue weighted by molar-refractivity contribution is 0.461. The monoisotopic (exact) mass is 213 g/mol. The molecule has 16 heavy (non-hydrogen) atoms. The third-order valence-electron chi connectivity index (χ3n) is 2.11. The number of nitrogens with zero attached hydrogens (tertiary/aromatic N) is 1. The van der Waals surface area contributed by atoms with E-state index in [1.54, 1.807) is 6.21 Å². The Morgan fingerprint density at radius 2 is 1.69 bits per heavy atom. The van der Waals surface area contributed by atoms with Gasteiger partial charge in [-0.25, -0.2) is 0 Å². The van der Waals surface area contributed by atoms with E-state index in [0.717, 1.165) is 5.56 Å². The van der Waals surface area contributed by atoms with Crippen molar-refractivity contribution in [2.45, 2.75) is 0 Å². The molecule has 0 heterocycles. The number of hydrogen-bond donors (Lipinski definition) is 2. The molecule has 80 valence electrons. The lowest BCUT2D eigenvalue weighted by Crippen LogP contribution is -1.78. The Morgan fingerprint density at radius 1 is 0.938 bits per heavy atom. The minimum atomic E-state index is 0.0463. The maximum absolute atomic E-state index is 9.49. The number of phenolic OH excluding ortho intramolecular Hbond substituents is 2. The summed E-state index contributed by atoms with van der Waals surface area (Å²) in [5.74, 6) is 0.128. The fourth-order valence-electron chi connectivity index (χ4n) is 1.30. The van der Waals surface area contributed by atoms with Crippen LogP contribution in [0.15, 0.2) is 53.5 Å². The van der Waals surface area contributed by atoms with E-state index in [2.05, 4.69) is 4.99 Å². The van der Waals surface area contributed by atoms with Crippen LogP contribution in [0.4, 0.5) is 5.69 Å². The zero-order valence-corrected chi connectivity index (χ0v) is 8.54. The lowest BCUT2D eigenvalue weighted by Gasteiger charge is -1.99. The van der Waals surface area contributed by atoms with Gasteiger partial charge in [-0.05, 0) is 17.7 Å². The molecular formula is C13H11NO2. The Bertz CT molecular complexity index is 507. The molecule has 0 aliphatic carbocycles. The zero-order valence-electron chi connectivity index (χ0n) is 8.54. The molecule has 0 aliphatic heterocycles. The first-order valence-corrected chi connectivity index (χ1v) is 4.87. The van der Waals surface area contributed by atoms with Crippen LogP contribution in [0, 0.1) is 0 Å². The Balaban J connectivity index is 2.27. The van der Waals surface area contributed by atoms with Gasteiger partial charge in [-0.15, -0.1) is 0 Å². The minimum Gasteiger partial charge on any atom is -0.508 e. The summed E-state index contributed by atoms with van der Waals surface area (Å²) < 4.78 is 0. The molecule has 0 amide bonds. The van der Waals surface area contributed by atoms with Crippen LogP contribution >= 0.6 is 0 Å². The van der Waals surface area contributed by atoms with Crippen LogP contribution in [0.1, 0.15) is 5.56 Å². The molecule has 2 aromatic rings. The number of hydrogen-bond acceptors (Lipinski definition) is 3. The number of aliphatic imine (C=N–C) groups is 1. The van der Waals surface area contributed by atoms with Crippen molar-refractivity contribution < 1.29 is 10.2 Å². The second-order valence-electron chi connectivity index (χ2n) is 3.34. The molecule has 3 heteroatoms. The maximum atomic E-state index is 9.49. The molecule has 0 bridgehead atoms. The summed E-state index contributed by atoms with van der Waals surface area (Å²) in [5, 5.41) is 18.7. The molecule has 0 aliphatic rings. The summed E-state index contributed by atoms with van der Waals surface area (Å²) in [6.45, 7) is 0. The molecule has 0 atom stereocenters. The van der Waals surface area contributed by atoms with E-state index >= 15 is 0 Å². The third-order valence-corrected chi connectivity index (χ3v) is 2.11. The zero-order chi connectivity index (χ0) is 11.4. The van der Waals surface area contributed by atoms with Crippen LogP contribution in [0.3, 0.4) is 0 Å². The van der Waals surface area contributed by atoms with Gasteiger partial charge in [-0.2, -0.15) is 0 Å². The summed E-state index contributed by atoms with van der Waals surface area (Å²) >= 11 is 0. The molecule has 3 nitrogen and oxygen atoms in total. The highest BCUT2D eigenvalue weighted by atomic mass is 16.3. The maximum Gasteiger partial charge on any atom is 0.141 e. The Kier molecular flexibility index (Phi) is 2.87. The average Bonchev–Trinajstić information content (AvgIpc) is 2.32. The third kappa shape index (κ3) is 2.39.